The van der Waals surface area contributed by atoms with Crippen molar-refractivity contribution in [2.75, 3.05) is 0 Å². The molecule has 0 radical (unpaired) electrons. The summed E-state index contributed by atoms with van der Waals surface area (Å²) in [7, 11) is 0. The minimum absolute atomic E-state index is 0.0765. The molecule has 0 aliphatic heterocycles. The first-order valence-electron chi connectivity index (χ1n) is 10.2. The van der Waals surface area contributed by atoms with Crippen molar-refractivity contribution in [2.45, 2.75) is 13.1 Å². The minimum atomic E-state index is -0.365. The molecule has 158 valence electrons. The number of carbonyl (C=O) groups excluding carboxylic acids is 1. The van der Waals surface area contributed by atoms with Crippen molar-refractivity contribution in [2.24, 2.45) is 0 Å². The third-order valence-corrected chi connectivity index (χ3v) is 6.11. The first-order valence-corrected chi connectivity index (χ1v) is 11.0. The molecule has 3 heterocycles. The van der Waals surface area contributed by atoms with E-state index in [0.717, 1.165) is 16.0 Å². The van der Waals surface area contributed by atoms with Gasteiger partial charge in [0.15, 0.2) is 11.3 Å². The molecule has 0 saturated carbocycles. The first kappa shape index (κ1) is 20.1. The van der Waals surface area contributed by atoms with Gasteiger partial charge in [0.25, 0.3) is 5.91 Å². The van der Waals surface area contributed by atoms with E-state index in [0.29, 0.717) is 23.1 Å². The second-order valence-electron chi connectivity index (χ2n) is 7.30. The highest BCUT2D eigenvalue weighted by atomic mass is 32.1. The van der Waals surface area contributed by atoms with Crippen LogP contribution in [0.3, 0.4) is 0 Å². The summed E-state index contributed by atoms with van der Waals surface area (Å²) in [4.78, 5) is 18.8. The average Bonchev–Trinajstić information content (AvgIpc) is 3.48. The zero-order valence-corrected chi connectivity index (χ0v) is 17.8. The third kappa shape index (κ3) is 3.90. The summed E-state index contributed by atoms with van der Waals surface area (Å²) in [5.41, 5.74) is 3.30. The standard InChI is InChI=1S/C25H19FN4OS/c26-20-10-5-4-9-18(20)15-28-25(31)23-22-19(21-11-6-14-32-21)12-13-27-24(22)30(29-23)16-17-7-2-1-3-8-17/h1-14H,15-16H2,(H,28,31). The van der Waals surface area contributed by atoms with Crippen LogP contribution < -0.4 is 5.32 Å². The van der Waals surface area contributed by atoms with Gasteiger partial charge >= 0.3 is 0 Å². The quantitative estimate of drug-likeness (QED) is 0.389. The highest BCUT2D eigenvalue weighted by Gasteiger charge is 2.22. The van der Waals surface area contributed by atoms with Crippen molar-refractivity contribution in [1.82, 2.24) is 20.1 Å². The molecule has 0 unspecified atom stereocenters. The fourth-order valence-corrected chi connectivity index (χ4v) is 4.42. The predicted molar refractivity (Wildman–Crippen MR) is 124 cm³/mol. The normalized spacial score (nSPS) is 11.0. The molecule has 3 aromatic heterocycles. The monoisotopic (exact) mass is 442 g/mol. The number of aromatic nitrogens is 3. The Morgan fingerprint density at radius 3 is 2.59 bits per heavy atom. The molecule has 5 aromatic rings. The fraction of sp³-hybridized carbons (Fsp3) is 0.0800. The van der Waals surface area contributed by atoms with Gasteiger partial charge in [-0.3, -0.25) is 4.79 Å². The Morgan fingerprint density at radius 1 is 1.00 bits per heavy atom. The molecule has 1 N–H and O–H groups in total. The molecule has 5 nitrogen and oxygen atoms in total. The van der Waals surface area contributed by atoms with Crippen molar-refractivity contribution in [3.05, 3.63) is 107 Å². The molecule has 1 amide bonds. The number of benzene rings is 2. The minimum Gasteiger partial charge on any atom is -0.346 e. The van der Waals surface area contributed by atoms with Crippen molar-refractivity contribution >= 4 is 28.3 Å². The maximum absolute atomic E-state index is 14.0. The van der Waals surface area contributed by atoms with Crippen LogP contribution in [0.2, 0.25) is 0 Å². The number of hydrogen-bond donors (Lipinski definition) is 1. The number of fused-ring (bicyclic) bond motifs is 1. The Hall–Kier alpha value is -3.84. The molecule has 2 aromatic carbocycles. The molecule has 0 atom stereocenters. The van der Waals surface area contributed by atoms with E-state index in [4.69, 9.17) is 0 Å². The van der Waals surface area contributed by atoms with Gasteiger partial charge in [-0.1, -0.05) is 54.6 Å². The molecule has 0 aliphatic rings. The summed E-state index contributed by atoms with van der Waals surface area (Å²) in [5.74, 6) is -0.718. The Labute approximate surface area is 188 Å². The zero-order chi connectivity index (χ0) is 21.9. The van der Waals surface area contributed by atoms with Gasteiger partial charge in [0, 0.05) is 28.7 Å². The summed E-state index contributed by atoms with van der Waals surface area (Å²) >= 11 is 1.59. The van der Waals surface area contributed by atoms with Crippen LogP contribution in [0.5, 0.6) is 0 Å². The van der Waals surface area contributed by atoms with Gasteiger partial charge in [0.1, 0.15) is 5.82 Å². The van der Waals surface area contributed by atoms with Crippen molar-refractivity contribution in [1.29, 1.82) is 0 Å². The second-order valence-corrected chi connectivity index (χ2v) is 8.25. The molecule has 0 saturated heterocycles. The Balaban J connectivity index is 1.57. The van der Waals surface area contributed by atoms with E-state index in [1.165, 1.54) is 6.07 Å². The van der Waals surface area contributed by atoms with Gasteiger partial charge in [0.2, 0.25) is 0 Å². The van der Waals surface area contributed by atoms with Crippen LogP contribution in [0.1, 0.15) is 21.6 Å². The predicted octanol–water partition coefficient (Wildman–Crippen LogP) is 5.28. The summed E-state index contributed by atoms with van der Waals surface area (Å²) < 4.78 is 15.8. The zero-order valence-electron chi connectivity index (χ0n) is 17.0. The van der Waals surface area contributed by atoms with E-state index in [2.05, 4.69) is 15.4 Å². The molecule has 32 heavy (non-hydrogen) atoms. The van der Waals surface area contributed by atoms with E-state index in [9.17, 15) is 9.18 Å². The van der Waals surface area contributed by atoms with Crippen molar-refractivity contribution in [3.63, 3.8) is 0 Å². The highest BCUT2D eigenvalue weighted by molar-refractivity contribution is 7.13. The molecule has 5 rings (SSSR count). The number of pyridine rings is 1. The van der Waals surface area contributed by atoms with Crippen LogP contribution in [0.15, 0.2) is 84.4 Å². The molecule has 7 heteroatoms. The van der Waals surface area contributed by atoms with Crippen LogP contribution in [0.4, 0.5) is 4.39 Å². The lowest BCUT2D eigenvalue weighted by molar-refractivity contribution is 0.0946. The van der Waals surface area contributed by atoms with Gasteiger partial charge in [-0.05, 0) is 29.1 Å². The van der Waals surface area contributed by atoms with Gasteiger partial charge in [-0.2, -0.15) is 5.10 Å². The molecule has 0 fully saturated rings. The number of halogens is 1. The largest absolute Gasteiger partial charge is 0.346 e. The maximum atomic E-state index is 14.0. The SMILES string of the molecule is O=C(NCc1ccccc1F)c1nn(Cc2ccccc2)c2nccc(-c3cccs3)c12. The van der Waals surface area contributed by atoms with Gasteiger partial charge in [-0.25, -0.2) is 14.1 Å². The highest BCUT2D eigenvalue weighted by Crippen LogP contribution is 2.33. The summed E-state index contributed by atoms with van der Waals surface area (Å²) in [5, 5.41) is 10.1. The number of hydrogen-bond acceptors (Lipinski definition) is 4. The lowest BCUT2D eigenvalue weighted by Crippen LogP contribution is -2.24. The van der Waals surface area contributed by atoms with E-state index in [1.54, 1.807) is 40.4 Å². The average molecular weight is 443 g/mol. The lowest BCUT2D eigenvalue weighted by atomic mass is 10.1. The van der Waals surface area contributed by atoms with Crippen LogP contribution in [-0.2, 0) is 13.1 Å². The van der Waals surface area contributed by atoms with Crippen molar-refractivity contribution < 1.29 is 9.18 Å². The number of amides is 1. The topological polar surface area (TPSA) is 59.8 Å². The number of rotatable bonds is 6. The number of carbonyl (C=O) groups is 1. The van der Waals surface area contributed by atoms with Crippen LogP contribution in [0.25, 0.3) is 21.5 Å². The smallest absolute Gasteiger partial charge is 0.272 e. The number of thiophene rings is 1. The van der Waals surface area contributed by atoms with Gasteiger partial charge in [-0.15, -0.1) is 11.3 Å². The molecular formula is C25H19FN4OS. The molecule has 0 bridgehead atoms. The Bertz CT molecular complexity index is 1380. The molecular weight excluding hydrogens is 423 g/mol. The first-order chi connectivity index (χ1) is 15.7. The van der Waals surface area contributed by atoms with Crippen LogP contribution in [-0.4, -0.2) is 20.7 Å². The van der Waals surface area contributed by atoms with Gasteiger partial charge in [0.05, 0.1) is 11.9 Å². The van der Waals surface area contributed by atoms with E-state index in [1.807, 2.05) is 53.9 Å². The number of nitrogens with one attached hydrogen (secondary N) is 1. The molecule has 0 aliphatic carbocycles. The fourth-order valence-electron chi connectivity index (χ4n) is 3.66. The summed E-state index contributed by atoms with van der Waals surface area (Å²) in [6, 6.07) is 22.2. The van der Waals surface area contributed by atoms with E-state index < -0.39 is 0 Å². The van der Waals surface area contributed by atoms with E-state index in [-0.39, 0.29) is 24.0 Å². The number of nitrogens with zero attached hydrogens (tertiary/aromatic N) is 3. The Kier molecular flexibility index (Phi) is 5.47. The maximum Gasteiger partial charge on any atom is 0.272 e. The van der Waals surface area contributed by atoms with E-state index >= 15 is 0 Å². The third-order valence-electron chi connectivity index (χ3n) is 5.21. The summed E-state index contributed by atoms with van der Waals surface area (Å²) in [6.07, 6.45) is 1.74. The second kappa shape index (κ2) is 8.72. The lowest BCUT2D eigenvalue weighted by Gasteiger charge is -2.06. The van der Waals surface area contributed by atoms with Gasteiger partial charge < -0.3 is 5.32 Å². The Morgan fingerprint density at radius 2 is 1.81 bits per heavy atom. The molecule has 0 spiro atoms. The van der Waals surface area contributed by atoms with Crippen molar-refractivity contribution in [3.8, 4) is 10.4 Å². The van der Waals surface area contributed by atoms with Crippen LogP contribution >= 0.6 is 11.3 Å². The summed E-state index contributed by atoms with van der Waals surface area (Å²) in [6.45, 7) is 0.561. The van der Waals surface area contributed by atoms with Crippen LogP contribution in [0, 0.1) is 5.82 Å².